The van der Waals surface area contributed by atoms with Crippen LogP contribution in [0.1, 0.15) is 16.8 Å². The van der Waals surface area contributed by atoms with Gasteiger partial charge in [0.05, 0.1) is 18.2 Å². The number of carboxylic acid groups (broad SMARTS) is 1. The average molecular weight is 627 g/mol. The monoisotopic (exact) mass is 626 g/mol. The zero-order valence-electron chi connectivity index (χ0n) is 14.9. The molecule has 2 aromatic heterocycles. The zero-order valence-corrected chi connectivity index (χ0v) is 18.7. The molecule has 29 heavy (non-hydrogen) atoms. The first kappa shape index (κ1) is 26.7. The first-order valence-electron chi connectivity index (χ1n) is 7.30. The molecular formula is C15H19Cl2N7O4Pt. The number of aromatic nitrogens is 4. The molecule has 3 aromatic rings. The van der Waals surface area contributed by atoms with Crippen LogP contribution in [0.25, 0.3) is 11.2 Å². The number of carbonyl (C=O) groups is 2. The van der Waals surface area contributed by atoms with Gasteiger partial charge < -0.3 is 32.3 Å². The quantitative estimate of drug-likeness (QED) is 0.284. The third-order valence-electron chi connectivity index (χ3n) is 3.40. The number of nitrogens with one attached hydrogen (secondary N) is 2. The van der Waals surface area contributed by atoms with E-state index < -0.39 is 22.5 Å². The van der Waals surface area contributed by atoms with Crippen LogP contribution in [-0.2, 0) is 27.8 Å². The van der Waals surface area contributed by atoms with E-state index in [1.165, 1.54) is 36.9 Å². The van der Waals surface area contributed by atoms with Crippen LogP contribution >= 0.6 is 18.8 Å². The second kappa shape index (κ2) is 13.0. The predicted molar refractivity (Wildman–Crippen MR) is 107 cm³/mol. The van der Waals surface area contributed by atoms with E-state index >= 15 is 0 Å². The first-order valence-corrected chi connectivity index (χ1v) is 12.9. The number of aromatic amines is 1. The third kappa shape index (κ3) is 7.56. The van der Waals surface area contributed by atoms with Gasteiger partial charge in [-0.2, -0.15) is 0 Å². The topological polar surface area (TPSA) is 200 Å². The van der Waals surface area contributed by atoms with Crippen molar-refractivity contribution in [3.8, 4) is 0 Å². The van der Waals surface area contributed by atoms with Gasteiger partial charge in [-0.25, -0.2) is 14.8 Å². The Morgan fingerprint density at radius 3 is 2.38 bits per heavy atom. The fourth-order valence-electron chi connectivity index (χ4n) is 2.20. The molecule has 3 rings (SSSR count). The van der Waals surface area contributed by atoms with E-state index in [9.17, 15) is 14.4 Å². The second-order valence-corrected chi connectivity index (χ2v) is 8.35. The van der Waals surface area contributed by atoms with E-state index in [0.29, 0.717) is 17.9 Å². The fourth-order valence-corrected chi connectivity index (χ4v) is 2.20. The van der Waals surface area contributed by atoms with Gasteiger partial charge in [-0.1, -0.05) is 0 Å². The molecule has 9 N–H and O–H groups in total. The molecule has 0 saturated heterocycles. The van der Waals surface area contributed by atoms with Crippen LogP contribution < -0.4 is 23.2 Å². The van der Waals surface area contributed by atoms with Gasteiger partial charge >= 0.3 is 41.3 Å². The minimum atomic E-state index is -1.03. The standard InChI is InChI=1S/C15H13N5O4.2ClH.2H3N.Pt/c21-11(19-10-3-1-9(2-4-10)15(23)24)5-6-20-8-18-12-13(20)16-7-17-14(12)22;;;;;/h1-4,7-8H,5-6H2,(H,19,21)(H,23,24)(H,16,17,22);2*1H;2*1H3;/q;;;;;+2/p-2. The Morgan fingerprint density at radius 2 is 1.79 bits per heavy atom. The molecule has 162 valence electrons. The van der Waals surface area contributed by atoms with Gasteiger partial charge in [0.25, 0.3) is 5.56 Å². The number of aryl methyl sites for hydroxylation is 1. The molecule has 1 amide bonds. The van der Waals surface area contributed by atoms with Crippen LogP contribution in [0.5, 0.6) is 0 Å². The van der Waals surface area contributed by atoms with Crippen molar-refractivity contribution in [2.75, 3.05) is 5.32 Å². The molecule has 1 aromatic carbocycles. The summed E-state index contributed by atoms with van der Waals surface area (Å²) < 4.78 is 1.62. The van der Waals surface area contributed by atoms with E-state index in [-0.39, 0.29) is 41.3 Å². The molecule has 0 unspecified atom stereocenters. The Hall–Kier alpha value is -2.30. The number of carboxylic acids is 1. The van der Waals surface area contributed by atoms with Gasteiger partial charge in [0.2, 0.25) is 5.91 Å². The minimum absolute atomic E-state index is 0. The second-order valence-electron chi connectivity index (χ2n) is 5.07. The number of amides is 1. The molecule has 0 aliphatic heterocycles. The molecule has 14 heteroatoms. The van der Waals surface area contributed by atoms with Crippen molar-refractivity contribution in [2.45, 2.75) is 13.0 Å². The number of benzene rings is 1. The number of H-pyrrole nitrogens is 1. The maximum atomic E-state index is 12.0. The molecular weight excluding hydrogens is 608 g/mol. The number of halogens is 2. The van der Waals surface area contributed by atoms with Crippen LogP contribution in [0.3, 0.4) is 0 Å². The van der Waals surface area contributed by atoms with E-state index in [1.54, 1.807) is 4.57 Å². The van der Waals surface area contributed by atoms with Gasteiger partial charge in [0.15, 0.2) is 11.2 Å². The molecule has 11 nitrogen and oxygen atoms in total. The summed E-state index contributed by atoms with van der Waals surface area (Å²) >= 11 is -0.472. The summed E-state index contributed by atoms with van der Waals surface area (Å²) in [6.07, 6.45) is 2.90. The van der Waals surface area contributed by atoms with Crippen LogP contribution in [0.4, 0.5) is 5.69 Å². The number of hydrogen-bond acceptors (Lipinski definition) is 7. The molecule has 2 heterocycles. The number of fused-ring (bicyclic) bond motifs is 1. The molecule has 0 aliphatic carbocycles. The van der Waals surface area contributed by atoms with Gasteiger partial charge in [-0.15, -0.1) is 0 Å². The Labute approximate surface area is 181 Å². The Balaban J connectivity index is 0.00000148. The van der Waals surface area contributed by atoms with Gasteiger partial charge in [-0.05, 0) is 24.3 Å². The summed E-state index contributed by atoms with van der Waals surface area (Å²) in [7, 11) is 9.75. The number of anilines is 1. The Morgan fingerprint density at radius 1 is 1.17 bits per heavy atom. The number of carbonyl (C=O) groups excluding carboxylic acids is 1. The molecule has 0 aliphatic rings. The van der Waals surface area contributed by atoms with Gasteiger partial charge in [0, 0.05) is 18.7 Å². The molecule has 0 radical (unpaired) electrons. The van der Waals surface area contributed by atoms with Crippen molar-refractivity contribution >= 4 is 47.6 Å². The van der Waals surface area contributed by atoms with Crippen molar-refractivity contribution in [3.05, 3.63) is 52.8 Å². The van der Waals surface area contributed by atoms with Crippen LogP contribution in [0.15, 0.2) is 41.7 Å². The predicted octanol–water partition coefficient (Wildman–Crippen LogP) is 2.55. The molecule has 0 atom stereocenters. The van der Waals surface area contributed by atoms with E-state index in [2.05, 4.69) is 20.3 Å². The summed E-state index contributed by atoms with van der Waals surface area (Å²) in [5.74, 6) is -1.27. The average Bonchev–Trinajstić information content (AvgIpc) is 3.06. The summed E-state index contributed by atoms with van der Waals surface area (Å²) in [6, 6.07) is 5.87. The van der Waals surface area contributed by atoms with E-state index in [0.717, 1.165) is 0 Å². The number of imidazole rings is 1. The number of aromatic carboxylic acids is 1. The van der Waals surface area contributed by atoms with Crippen molar-refractivity contribution < 1.29 is 31.2 Å². The van der Waals surface area contributed by atoms with Crippen molar-refractivity contribution in [3.63, 3.8) is 0 Å². The summed E-state index contributed by atoms with van der Waals surface area (Å²) in [4.78, 5) is 44.8. The summed E-state index contributed by atoms with van der Waals surface area (Å²) in [5, 5.41) is 11.5. The van der Waals surface area contributed by atoms with E-state index in [4.69, 9.17) is 23.9 Å². The fraction of sp³-hybridized carbons (Fsp3) is 0.133. The van der Waals surface area contributed by atoms with Crippen LogP contribution in [-0.4, -0.2) is 36.5 Å². The molecule has 0 bridgehead atoms. The van der Waals surface area contributed by atoms with Gasteiger partial charge in [-0.3, -0.25) is 9.59 Å². The van der Waals surface area contributed by atoms with Crippen LogP contribution in [0.2, 0.25) is 0 Å². The Bertz CT molecular complexity index is 994. The molecule has 0 spiro atoms. The van der Waals surface area contributed by atoms with E-state index in [1.807, 2.05) is 0 Å². The first-order chi connectivity index (χ1) is 13.0. The zero-order chi connectivity index (χ0) is 19.8. The molecule has 0 fully saturated rings. The maximum absolute atomic E-state index is 12.0. The SMILES string of the molecule is N.N.O=C(CCn1cnc2c(=O)[nH]cnc21)Nc1ccc(C(=O)O)cc1.[Cl][Pt][Cl]. The number of hydrogen-bond donors (Lipinski definition) is 5. The summed E-state index contributed by atoms with van der Waals surface area (Å²) in [5.41, 5.74) is 0.963. The number of rotatable bonds is 5. The van der Waals surface area contributed by atoms with Gasteiger partial charge in [0.1, 0.15) is 0 Å². The summed E-state index contributed by atoms with van der Waals surface area (Å²) in [6.45, 7) is 0.312. The van der Waals surface area contributed by atoms with Crippen molar-refractivity contribution in [2.24, 2.45) is 0 Å². The van der Waals surface area contributed by atoms with Crippen molar-refractivity contribution in [1.29, 1.82) is 0 Å². The van der Waals surface area contributed by atoms with Crippen LogP contribution in [0, 0.1) is 0 Å². The molecule has 0 saturated carbocycles. The Kier molecular flexibility index (Phi) is 12.0. The normalized spacial score (nSPS) is 9.59. The number of nitrogens with zero attached hydrogens (tertiary/aromatic N) is 3. The van der Waals surface area contributed by atoms with Crippen molar-refractivity contribution in [1.82, 2.24) is 31.8 Å². The third-order valence-corrected chi connectivity index (χ3v) is 3.40.